The van der Waals surface area contributed by atoms with E-state index in [0.29, 0.717) is 5.75 Å². The number of thioether (sulfide) groups is 1. The average Bonchev–Trinajstić information content (AvgIpc) is 2.53. The number of nitrogens with two attached hydrogens (primary N) is 2. The number of primary amides is 1. The zero-order valence-corrected chi connectivity index (χ0v) is 15.1. The smallest absolute Gasteiger partial charge is 0.326 e. The van der Waals surface area contributed by atoms with Crippen LogP contribution in [-0.4, -0.2) is 70.0 Å². The summed E-state index contributed by atoms with van der Waals surface area (Å²) < 4.78 is 0. The lowest BCUT2D eigenvalue weighted by atomic mass is 10.1. The highest BCUT2D eigenvalue weighted by atomic mass is 32.2. The fourth-order valence-electron chi connectivity index (χ4n) is 1.88. The van der Waals surface area contributed by atoms with Crippen molar-refractivity contribution in [2.24, 2.45) is 11.5 Å². The highest BCUT2D eigenvalue weighted by Gasteiger charge is 2.28. The van der Waals surface area contributed by atoms with E-state index in [9.17, 15) is 24.0 Å². The number of carbonyl (C=O) groups excluding carboxylic acids is 3. The molecule has 8 N–H and O–H groups in total. The Balaban J connectivity index is 5.05. The van der Waals surface area contributed by atoms with E-state index in [0.717, 1.165) is 0 Å². The number of hydrogen-bond donors (Lipinski definition) is 6. The predicted octanol–water partition coefficient (Wildman–Crippen LogP) is -2.14. The lowest BCUT2D eigenvalue weighted by Gasteiger charge is -2.22. The molecule has 0 aliphatic carbocycles. The third kappa shape index (κ3) is 9.84. The highest BCUT2D eigenvalue weighted by Crippen LogP contribution is 2.04. The number of carboxylic acids is 2. The van der Waals surface area contributed by atoms with E-state index in [1.807, 2.05) is 0 Å². The summed E-state index contributed by atoms with van der Waals surface area (Å²) in [6.45, 7) is 0. The Morgan fingerprint density at radius 1 is 1.00 bits per heavy atom. The standard InChI is InChI=1S/C14H24N4O7S/c1-26-5-4-9(14(24)25)18-13(23)8(2-3-10(16)19)17-12(22)7(15)6-11(20)21/h7-9H,2-6,15H2,1H3,(H2,16,19)(H,17,22)(H,18,23)(H,20,21)(H,24,25). The molecular weight excluding hydrogens is 368 g/mol. The molecule has 3 atom stereocenters. The molecule has 0 fully saturated rings. The first kappa shape index (κ1) is 23.7. The van der Waals surface area contributed by atoms with E-state index >= 15 is 0 Å². The van der Waals surface area contributed by atoms with Crippen LogP contribution in [0.4, 0.5) is 0 Å². The second-order valence-electron chi connectivity index (χ2n) is 5.45. The van der Waals surface area contributed by atoms with Crippen LogP contribution in [0.2, 0.25) is 0 Å². The fourth-order valence-corrected chi connectivity index (χ4v) is 2.35. The van der Waals surface area contributed by atoms with Crippen LogP contribution in [0.3, 0.4) is 0 Å². The second-order valence-corrected chi connectivity index (χ2v) is 6.44. The summed E-state index contributed by atoms with van der Waals surface area (Å²) in [5.74, 6) is -4.50. The van der Waals surface area contributed by atoms with E-state index in [1.54, 1.807) is 6.26 Å². The number of amides is 3. The molecule has 0 bridgehead atoms. The van der Waals surface area contributed by atoms with E-state index in [2.05, 4.69) is 10.6 Å². The van der Waals surface area contributed by atoms with E-state index < -0.39 is 54.2 Å². The fraction of sp³-hybridized carbons (Fsp3) is 0.643. The number of nitrogens with one attached hydrogen (secondary N) is 2. The average molecular weight is 392 g/mol. The summed E-state index contributed by atoms with van der Waals surface area (Å²) in [4.78, 5) is 57.0. The van der Waals surface area contributed by atoms with Gasteiger partial charge >= 0.3 is 11.9 Å². The molecule has 0 radical (unpaired) electrons. The molecule has 0 aliphatic heterocycles. The first-order chi connectivity index (χ1) is 12.1. The van der Waals surface area contributed by atoms with Gasteiger partial charge in [0.05, 0.1) is 12.5 Å². The molecule has 3 amide bonds. The Labute approximate surface area is 154 Å². The second kappa shape index (κ2) is 12.1. The Hall–Kier alpha value is -2.34. The van der Waals surface area contributed by atoms with Crippen molar-refractivity contribution in [1.82, 2.24) is 10.6 Å². The van der Waals surface area contributed by atoms with Crippen LogP contribution in [0.25, 0.3) is 0 Å². The summed E-state index contributed by atoms with van der Waals surface area (Å²) >= 11 is 1.40. The lowest BCUT2D eigenvalue weighted by Crippen LogP contribution is -2.55. The topological polar surface area (TPSA) is 202 Å². The number of carboxylic acid groups (broad SMARTS) is 2. The van der Waals surface area contributed by atoms with Crippen molar-refractivity contribution >= 4 is 41.4 Å². The Morgan fingerprint density at radius 3 is 2.04 bits per heavy atom. The van der Waals surface area contributed by atoms with Gasteiger partial charge in [-0.2, -0.15) is 11.8 Å². The zero-order chi connectivity index (χ0) is 20.3. The van der Waals surface area contributed by atoms with Crippen LogP contribution >= 0.6 is 11.8 Å². The molecule has 0 rings (SSSR count). The minimum Gasteiger partial charge on any atom is -0.481 e. The molecule has 12 heteroatoms. The van der Waals surface area contributed by atoms with Gasteiger partial charge in [-0.3, -0.25) is 19.2 Å². The minimum atomic E-state index is -1.40. The summed E-state index contributed by atoms with van der Waals surface area (Å²) in [7, 11) is 0. The molecule has 0 aromatic carbocycles. The van der Waals surface area contributed by atoms with Gasteiger partial charge in [0, 0.05) is 6.42 Å². The Kier molecular flexibility index (Phi) is 11.0. The molecule has 11 nitrogen and oxygen atoms in total. The van der Waals surface area contributed by atoms with Gasteiger partial charge in [-0.1, -0.05) is 0 Å². The van der Waals surface area contributed by atoms with Gasteiger partial charge in [0.2, 0.25) is 17.7 Å². The van der Waals surface area contributed by atoms with Crippen molar-refractivity contribution < 1.29 is 34.2 Å². The summed E-state index contributed by atoms with van der Waals surface area (Å²) in [5, 5.41) is 22.3. The highest BCUT2D eigenvalue weighted by molar-refractivity contribution is 7.98. The summed E-state index contributed by atoms with van der Waals surface area (Å²) in [6.07, 6.45) is 0.871. The van der Waals surface area contributed by atoms with Crippen molar-refractivity contribution in [1.29, 1.82) is 0 Å². The molecule has 3 unspecified atom stereocenters. The third-order valence-corrected chi connectivity index (χ3v) is 3.91. The maximum atomic E-state index is 12.3. The van der Waals surface area contributed by atoms with Crippen LogP contribution in [0.1, 0.15) is 25.7 Å². The Bertz CT molecular complexity index is 543. The molecule has 0 aromatic heterocycles. The molecule has 0 aliphatic rings. The third-order valence-electron chi connectivity index (χ3n) is 3.27. The van der Waals surface area contributed by atoms with Crippen molar-refractivity contribution in [3.8, 4) is 0 Å². The first-order valence-corrected chi connectivity index (χ1v) is 9.06. The zero-order valence-electron chi connectivity index (χ0n) is 14.3. The van der Waals surface area contributed by atoms with E-state index in [1.165, 1.54) is 11.8 Å². The van der Waals surface area contributed by atoms with Crippen LogP contribution in [0.5, 0.6) is 0 Å². The van der Waals surface area contributed by atoms with Gasteiger partial charge in [0.1, 0.15) is 12.1 Å². The number of carbonyl (C=O) groups is 5. The van der Waals surface area contributed by atoms with Gasteiger partial charge in [-0.25, -0.2) is 4.79 Å². The van der Waals surface area contributed by atoms with Crippen LogP contribution in [-0.2, 0) is 24.0 Å². The van der Waals surface area contributed by atoms with Gasteiger partial charge < -0.3 is 32.3 Å². The van der Waals surface area contributed by atoms with Crippen LogP contribution in [0.15, 0.2) is 0 Å². The summed E-state index contributed by atoms with van der Waals surface area (Å²) in [6, 6.07) is -3.84. The van der Waals surface area contributed by atoms with Gasteiger partial charge in [-0.15, -0.1) is 0 Å². The molecule has 0 heterocycles. The summed E-state index contributed by atoms with van der Waals surface area (Å²) in [5.41, 5.74) is 10.5. The maximum Gasteiger partial charge on any atom is 0.326 e. The molecule has 0 saturated carbocycles. The number of rotatable bonds is 13. The van der Waals surface area contributed by atoms with Crippen LogP contribution in [0, 0.1) is 0 Å². The maximum absolute atomic E-state index is 12.3. The van der Waals surface area contributed by atoms with Gasteiger partial charge in [0.15, 0.2) is 0 Å². The van der Waals surface area contributed by atoms with E-state index in [4.69, 9.17) is 21.7 Å². The molecular formula is C14H24N4O7S. The van der Waals surface area contributed by atoms with Crippen molar-refractivity contribution in [2.45, 2.75) is 43.8 Å². The SMILES string of the molecule is CSCCC(NC(=O)C(CCC(N)=O)NC(=O)C(N)CC(=O)O)C(=O)O. The quantitative estimate of drug-likeness (QED) is 0.202. The number of aliphatic carboxylic acids is 2. The number of hydrogen-bond acceptors (Lipinski definition) is 7. The molecule has 0 saturated heterocycles. The minimum absolute atomic E-state index is 0.164. The van der Waals surface area contributed by atoms with Crippen molar-refractivity contribution in [3.05, 3.63) is 0 Å². The van der Waals surface area contributed by atoms with E-state index in [-0.39, 0.29) is 19.3 Å². The largest absolute Gasteiger partial charge is 0.481 e. The molecule has 148 valence electrons. The predicted molar refractivity (Wildman–Crippen MR) is 93.2 cm³/mol. The first-order valence-electron chi connectivity index (χ1n) is 7.66. The normalized spacial score (nSPS) is 13.9. The Morgan fingerprint density at radius 2 is 1.58 bits per heavy atom. The van der Waals surface area contributed by atoms with Gasteiger partial charge in [-0.05, 0) is 24.9 Å². The molecule has 26 heavy (non-hydrogen) atoms. The van der Waals surface area contributed by atoms with Crippen LogP contribution < -0.4 is 22.1 Å². The monoisotopic (exact) mass is 392 g/mol. The van der Waals surface area contributed by atoms with Gasteiger partial charge in [0.25, 0.3) is 0 Å². The molecule has 0 aromatic rings. The van der Waals surface area contributed by atoms with Crippen molar-refractivity contribution in [2.75, 3.05) is 12.0 Å². The lowest BCUT2D eigenvalue weighted by molar-refractivity contribution is -0.143. The molecule has 0 spiro atoms. The van der Waals surface area contributed by atoms with Crippen molar-refractivity contribution in [3.63, 3.8) is 0 Å².